The molecule has 1 heterocycles. The van der Waals surface area contributed by atoms with Crippen molar-refractivity contribution in [1.82, 2.24) is 8.61 Å². The largest absolute Gasteiger partial charge is 0.330 e. The molecule has 0 bridgehead atoms. The number of hydrogen-bond acceptors (Lipinski definition) is 3. The van der Waals surface area contributed by atoms with E-state index in [9.17, 15) is 8.42 Å². The van der Waals surface area contributed by atoms with Crippen LogP contribution in [-0.2, 0) is 10.2 Å². The summed E-state index contributed by atoms with van der Waals surface area (Å²) >= 11 is 0. The normalized spacial score (nSPS) is 23.2. The maximum atomic E-state index is 12.4. The average Bonchev–Trinajstić information content (AvgIpc) is 2.31. The summed E-state index contributed by atoms with van der Waals surface area (Å²) in [5, 5.41) is 0. The van der Waals surface area contributed by atoms with Gasteiger partial charge in [0, 0.05) is 25.7 Å². The molecule has 17 heavy (non-hydrogen) atoms. The Morgan fingerprint density at radius 3 is 2.47 bits per heavy atom. The molecule has 2 N–H and O–H groups in total. The first kappa shape index (κ1) is 14.9. The molecule has 6 heteroatoms. The summed E-state index contributed by atoms with van der Waals surface area (Å²) in [5.74, 6) is 0. The van der Waals surface area contributed by atoms with E-state index in [0.29, 0.717) is 26.2 Å². The van der Waals surface area contributed by atoms with Crippen LogP contribution in [0.3, 0.4) is 0 Å². The van der Waals surface area contributed by atoms with Gasteiger partial charge in [0.05, 0.1) is 0 Å². The minimum Gasteiger partial charge on any atom is -0.330 e. The van der Waals surface area contributed by atoms with Crippen LogP contribution < -0.4 is 5.73 Å². The van der Waals surface area contributed by atoms with Crippen LogP contribution >= 0.6 is 0 Å². The highest BCUT2D eigenvalue weighted by molar-refractivity contribution is 7.86. The van der Waals surface area contributed by atoms with Crippen LogP contribution in [0.2, 0.25) is 0 Å². The quantitative estimate of drug-likeness (QED) is 0.770. The third kappa shape index (κ3) is 3.40. The molecule has 0 aromatic rings. The predicted molar refractivity (Wildman–Crippen MR) is 69.9 cm³/mol. The van der Waals surface area contributed by atoms with Gasteiger partial charge in [-0.15, -0.1) is 0 Å². The Kier molecular flexibility index (Phi) is 5.85. The highest BCUT2D eigenvalue weighted by atomic mass is 32.2. The summed E-state index contributed by atoms with van der Waals surface area (Å²) in [5.41, 5.74) is 5.57. The first-order valence-corrected chi connectivity index (χ1v) is 7.94. The topological polar surface area (TPSA) is 66.6 Å². The zero-order chi connectivity index (χ0) is 12.9. The van der Waals surface area contributed by atoms with E-state index in [0.717, 1.165) is 25.7 Å². The fraction of sp³-hybridized carbons (Fsp3) is 1.00. The molecular weight excluding hydrogens is 238 g/mol. The highest BCUT2D eigenvalue weighted by Crippen LogP contribution is 2.24. The van der Waals surface area contributed by atoms with Crippen LogP contribution in [0.4, 0.5) is 0 Å². The molecular formula is C11H25N3O2S. The van der Waals surface area contributed by atoms with Gasteiger partial charge in [0.1, 0.15) is 0 Å². The number of nitrogens with zero attached hydrogens (tertiary/aromatic N) is 2. The molecule has 1 unspecified atom stereocenters. The van der Waals surface area contributed by atoms with Crippen molar-refractivity contribution in [3.63, 3.8) is 0 Å². The summed E-state index contributed by atoms with van der Waals surface area (Å²) in [7, 11) is -3.28. The van der Waals surface area contributed by atoms with E-state index >= 15 is 0 Å². The lowest BCUT2D eigenvalue weighted by molar-refractivity contribution is 0.225. The fourth-order valence-corrected chi connectivity index (χ4v) is 4.35. The summed E-state index contributed by atoms with van der Waals surface area (Å²) in [6.07, 6.45) is 3.77. The number of hydrogen-bond donors (Lipinski definition) is 1. The van der Waals surface area contributed by atoms with Gasteiger partial charge in [-0.25, -0.2) is 0 Å². The molecule has 5 nitrogen and oxygen atoms in total. The van der Waals surface area contributed by atoms with Crippen LogP contribution in [0.1, 0.15) is 39.5 Å². The first-order valence-electron chi connectivity index (χ1n) is 6.54. The second-order valence-electron chi connectivity index (χ2n) is 4.43. The van der Waals surface area contributed by atoms with Gasteiger partial charge in [-0.1, -0.05) is 20.3 Å². The van der Waals surface area contributed by atoms with Crippen molar-refractivity contribution in [2.24, 2.45) is 5.73 Å². The Morgan fingerprint density at radius 2 is 1.94 bits per heavy atom. The lowest BCUT2D eigenvalue weighted by Gasteiger charge is -2.37. The Morgan fingerprint density at radius 1 is 1.29 bits per heavy atom. The molecule has 0 amide bonds. The lowest BCUT2D eigenvalue weighted by atomic mass is 10.0. The zero-order valence-corrected chi connectivity index (χ0v) is 11.7. The van der Waals surface area contributed by atoms with Gasteiger partial charge in [-0.3, -0.25) is 0 Å². The molecule has 1 aliphatic heterocycles. The molecule has 0 aromatic heterocycles. The van der Waals surface area contributed by atoms with Gasteiger partial charge in [0.15, 0.2) is 0 Å². The van der Waals surface area contributed by atoms with Crippen molar-refractivity contribution < 1.29 is 8.42 Å². The van der Waals surface area contributed by atoms with Crippen LogP contribution in [0.25, 0.3) is 0 Å². The Hall–Kier alpha value is -0.170. The zero-order valence-electron chi connectivity index (χ0n) is 10.9. The van der Waals surface area contributed by atoms with E-state index in [-0.39, 0.29) is 6.04 Å². The highest BCUT2D eigenvalue weighted by Gasteiger charge is 2.34. The molecule has 0 aliphatic carbocycles. The standard InChI is InChI=1S/C11H25N3O2S/c1-3-13(4-2)17(15,16)14-10-6-5-7-11(14)8-9-12/h11H,3-10,12H2,1-2H3. The van der Waals surface area contributed by atoms with E-state index in [1.54, 1.807) is 4.31 Å². The van der Waals surface area contributed by atoms with Crippen molar-refractivity contribution in [2.45, 2.75) is 45.6 Å². The minimum absolute atomic E-state index is 0.0966. The van der Waals surface area contributed by atoms with Gasteiger partial charge < -0.3 is 5.73 Å². The summed E-state index contributed by atoms with van der Waals surface area (Å²) < 4.78 is 28.1. The number of nitrogens with two attached hydrogens (primary N) is 1. The van der Waals surface area contributed by atoms with Crippen LogP contribution in [0.15, 0.2) is 0 Å². The maximum Gasteiger partial charge on any atom is 0.282 e. The van der Waals surface area contributed by atoms with Crippen molar-refractivity contribution in [3.8, 4) is 0 Å². The molecule has 102 valence electrons. The van der Waals surface area contributed by atoms with Gasteiger partial charge in [0.25, 0.3) is 10.2 Å². The van der Waals surface area contributed by atoms with Gasteiger partial charge in [-0.2, -0.15) is 17.0 Å². The summed E-state index contributed by atoms with van der Waals surface area (Å²) in [6, 6.07) is 0.0966. The van der Waals surface area contributed by atoms with E-state index in [2.05, 4.69) is 0 Å². The van der Waals surface area contributed by atoms with E-state index in [1.807, 2.05) is 13.8 Å². The Bertz CT molecular complexity index is 313. The van der Waals surface area contributed by atoms with Gasteiger partial charge >= 0.3 is 0 Å². The van der Waals surface area contributed by atoms with Crippen molar-refractivity contribution >= 4 is 10.2 Å². The number of piperidine rings is 1. The van der Waals surface area contributed by atoms with Crippen LogP contribution in [0.5, 0.6) is 0 Å². The molecule has 1 fully saturated rings. The van der Waals surface area contributed by atoms with E-state index in [4.69, 9.17) is 5.73 Å². The van der Waals surface area contributed by atoms with Crippen molar-refractivity contribution in [3.05, 3.63) is 0 Å². The third-order valence-corrected chi connectivity index (χ3v) is 5.64. The van der Waals surface area contributed by atoms with Crippen LogP contribution in [-0.4, -0.2) is 49.2 Å². The number of rotatable bonds is 6. The molecule has 1 atom stereocenters. The SMILES string of the molecule is CCN(CC)S(=O)(=O)N1CCCCC1CCN. The molecule has 1 aliphatic rings. The monoisotopic (exact) mass is 263 g/mol. The van der Waals surface area contributed by atoms with Crippen molar-refractivity contribution in [2.75, 3.05) is 26.2 Å². The Labute approximate surface area is 105 Å². The van der Waals surface area contributed by atoms with Gasteiger partial charge in [-0.05, 0) is 25.8 Å². The molecule has 1 saturated heterocycles. The second-order valence-corrected chi connectivity index (χ2v) is 6.31. The molecule has 0 spiro atoms. The first-order chi connectivity index (χ1) is 8.07. The van der Waals surface area contributed by atoms with E-state index < -0.39 is 10.2 Å². The summed E-state index contributed by atoms with van der Waals surface area (Å²) in [6.45, 7) is 6.01. The molecule has 0 aromatic carbocycles. The third-order valence-electron chi connectivity index (χ3n) is 3.40. The average molecular weight is 263 g/mol. The lowest BCUT2D eigenvalue weighted by Crippen LogP contribution is -2.51. The molecule has 0 radical (unpaired) electrons. The Balaban J connectivity index is 2.86. The second kappa shape index (κ2) is 6.68. The van der Waals surface area contributed by atoms with Gasteiger partial charge in [0.2, 0.25) is 0 Å². The van der Waals surface area contributed by atoms with Crippen molar-refractivity contribution in [1.29, 1.82) is 0 Å². The summed E-state index contributed by atoms with van der Waals surface area (Å²) in [4.78, 5) is 0. The predicted octanol–water partition coefficient (Wildman–Crippen LogP) is 0.776. The fourth-order valence-electron chi connectivity index (χ4n) is 2.46. The molecule has 0 saturated carbocycles. The smallest absolute Gasteiger partial charge is 0.282 e. The minimum atomic E-state index is -3.28. The van der Waals surface area contributed by atoms with Crippen LogP contribution in [0, 0.1) is 0 Å². The maximum absolute atomic E-state index is 12.4. The molecule has 1 rings (SSSR count). The van der Waals surface area contributed by atoms with E-state index in [1.165, 1.54) is 4.31 Å².